The largest absolute Gasteiger partial charge is 0.336 e. The Labute approximate surface area is 119 Å². The topological polar surface area (TPSA) is 59.0 Å². The molecule has 0 radical (unpaired) electrons. The highest BCUT2D eigenvalue weighted by Crippen LogP contribution is 2.19. The number of hydrogen-bond donors (Lipinski definition) is 2. The summed E-state index contributed by atoms with van der Waals surface area (Å²) in [5.74, 6) is 0.531. The van der Waals surface area contributed by atoms with Gasteiger partial charge in [0.15, 0.2) is 0 Å². The average molecular weight is 284 g/mol. The van der Waals surface area contributed by atoms with Crippen LogP contribution < -0.4 is 10.6 Å². The summed E-state index contributed by atoms with van der Waals surface area (Å²) >= 11 is 1.73. The highest BCUT2D eigenvalue weighted by molar-refractivity contribution is 7.99. The van der Waals surface area contributed by atoms with Gasteiger partial charge in [-0.1, -0.05) is 13.8 Å². The van der Waals surface area contributed by atoms with Gasteiger partial charge in [0, 0.05) is 24.0 Å². The zero-order valence-corrected chi connectivity index (χ0v) is 13.2. The van der Waals surface area contributed by atoms with E-state index in [0.717, 1.165) is 12.2 Å². The molecule has 0 spiro atoms. The molecule has 0 unspecified atom stereocenters. The molecule has 0 aromatic carbocycles. The van der Waals surface area contributed by atoms with Crippen LogP contribution in [0.1, 0.15) is 27.7 Å². The van der Waals surface area contributed by atoms with Crippen LogP contribution in [0.5, 0.6) is 0 Å². The number of aromatic nitrogens is 2. The molecule has 6 heteroatoms. The predicted octanol–water partition coefficient (Wildman–Crippen LogP) is 2.80. The van der Waals surface area contributed by atoms with E-state index in [0.29, 0.717) is 12.5 Å². The number of urea groups is 1. The van der Waals surface area contributed by atoms with Gasteiger partial charge in [0.25, 0.3) is 0 Å². The lowest BCUT2D eigenvalue weighted by molar-refractivity contribution is 0.251. The van der Waals surface area contributed by atoms with E-state index in [1.807, 2.05) is 17.1 Å². The highest BCUT2D eigenvalue weighted by Gasteiger charge is 2.17. The van der Waals surface area contributed by atoms with Crippen LogP contribution in [0.2, 0.25) is 0 Å². The second-order valence-corrected chi connectivity index (χ2v) is 7.13. The summed E-state index contributed by atoms with van der Waals surface area (Å²) in [7, 11) is 0. The van der Waals surface area contributed by atoms with Crippen LogP contribution in [0.25, 0.3) is 0 Å². The molecule has 0 saturated carbocycles. The number of nitrogens with zero attached hydrogens (tertiary/aromatic N) is 2. The van der Waals surface area contributed by atoms with E-state index in [1.54, 1.807) is 18.0 Å². The summed E-state index contributed by atoms with van der Waals surface area (Å²) in [4.78, 5) is 11.7. The molecular weight excluding hydrogens is 260 g/mol. The van der Waals surface area contributed by atoms with Crippen LogP contribution in [0.15, 0.2) is 12.4 Å². The fourth-order valence-corrected chi connectivity index (χ4v) is 1.66. The maximum absolute atomic E-state index is 11.7. The van der Waals surface area contributed by atoms with Gasteiger partial charge in [-0.05, 0) is 26.0 Å². The van der Waals surface area contributed by atoms with Crippen molar-refractivity contribution < 1.29 is 4.79 Å². The molecular formula is C13H24N4OS. The van der Waals surface area contributed by atoms with Gasteiger partial charge in [0.1, 0.15) is 0 Å². The Bertz CT molecular complexity index is 415. The van der Waals surface area contributed by atoms with Gasteiger partial charge in [-0.2, -0.15) is 16.9 Å². The Morgan fingerprint density at radius 1 is 1.53 bits per heavy atom. The van der Waals surface area contributed by atoms with E-state index in [-0.39, 0.29) is 10.8 Å². The van der Waals surface area contributed by atoms with Crippen LogP contribution in [0.4, 0.5) is 10.5 Å². The smallest absolute Gasteiger partial charge is 0.319 e. The van der Waals surface area contributed by atoms with Gasteiger partial charge < -0.3 is 10.6 Å². The lowest BCUT2D eigenvalue weighted by Crippen LogP contribution is -2.38. The van der Waals surface area contributed by atoms with E-state index in [2.05, 4.69) is 43.4 Å². The molecule has 19 heavy (non-hydrogen) atoms. The van der Waals surface area contributed by atoms with Crippen molar-refractivity contribution in [3.63, 3.8) is 0 Å². The lowest BCUT2D eigenvalue weighted by atomic mass is 10.2. The zero-order chi connectivity index (χ0) is 14.5. The third kappa shape index (κ3) is 6.00. The summed E-state index contributed by atoms with van der Waals surface area (Å²) in [5.41, 5.74) is 0.722. The Morgan fingerprint density at radius 2 is 2.21 bits per heavy atom. The van der Waals surface area contributed by atoms with E-state index in [4.69, 9.17) is 0 Å². The average Bonchev–Trinajstić information content (AvgIpc) is 2.73. The number of rotatable bonds is 6. The van der Waals surface area contributed by atoms with E-state index >= 15 is 0 Å². The first kappa shape index (κ1) is 15.9. The number of hydrogen-bond acceptors (Lipinski definition) is 3. The molecule has 0 aliphatic rings. The van der Waals surface area contributed by atoms with Crippen molar-refractivity contribution in [2.45, 2.75) is 39.0 Å². The molecule has 108 valence electrons. The van der Waals surface area contributed by atoms with Crippen LogP contribution in [-0.2, 0) is 6.54 Å². The maximum atomic E-state index is 11.7. The van der Waals surface area contributed by atoms with Crippen LogP contribution in [0, 0.1) is 5.92 Å². The third-order valence-electron chi connectivity index (χ3n) is 2.67. The molecule has 0 aliphatic heterocycles. The summed E-state index contributed by atoms with van der Waals surface area (Å²) < 4.78 is 1.88. The Hall–Kier alpha value is -1.17. The number of thioether (sulfide) groups is 1. The van der Waals surface area contributed by atoms with Crippen molar-refractivity contribution in [2.24, 2.45) is 5.92 Å². The number of nitrogens with one attached hydrogen (secondary N) is 2. The van der Waals surface area contributed by atoms with Crippen molar-refractivity contribution in [1.29, 1.82) is 0 Å². The number of amides is 2. The van der Waals surface area contributed by atoms with Gasteiger partial charge in [-0.15, -0.1) is 0 Å². The minimum absolute atomic E-state index is 0.0408. The quantitative estimate of drug-likeness (QED) is 0.844. The molecule has 1 rings (SSSR count). The van der Waals surface area contributed by atoms with E-state index < -0.39 is 0 Å². The fraction of sp³-hybridized carbons (Fsp3) is 0.692. The van der Waals surface area contributed by atoms with Crippen molar-refractivity contribution in [1.82, 2.24) is 15.1 Å². The number of carbonyl (C=O) groups is 1. The summed E-state index contributed by atoms with van der Waals surface area (Å²) in [5, 5.41) is 9.86. The first-order chi connectivity index (χ1) is 8.82. The first-order valence-electron chi connectivity index (χ1n) is 6.45. The van der Waals surface area contributed by atoms with Gasteiger partial charge >= 0.3 is 6.03 Å². The molecule has 1 aromatic heterocycles. The minimum atomic E-state index is -0.189. The lowest BCUT2D eigenvalue weighted by Gasteiger charge is -2.22. The Morgan fingerprint density at radius 3 is 2.79 bits per heavy atom. The summed E-state index contributed by atoms with van der Waals surface area (Å²) in [6.07, 6.45) is 5.55. The Balaban J connectivity index is 2.42. The monoisotopic (exact) mass is 284 g/mol. The summed E-state index contributed by atoms with van der Waals surface area (Å²) in [6, 6.07) is -0.189. The second kappa shape index (κ2) is 6.84. The van der Waals surface area contributed by atoms with Gasteiger partial charge in [-0.25, -0.2) is 4.79 Å². The number of anilines is 1. The molecule has 1 aromatic rings. The highest BCUT2D eigenvalue weighted by atomic mass is 32.2. The SMILES string of the molecule is CSC(C)(C)CNC(=O)Nc1cnn(CC(C)C)c1. The zero-order valence-electron chi connectivity index (χ0n) is 12.4. The van der Waals surface area contributed by atoms with Crippen molar-refractivity contribution in [3.8, 4) is 0 Å². The molecule has 0 atom stereocenters. The molecule has 2 N–H and O–H groups in total. The van der Waals surface area contributed by atoms with Gasteiger partial charge in [0.05, 0.1) is 11.9 Å². The molecule has 0 aliphatic carbocycles. The minimum Gasteiger partial charge on any atom is -0.336 e. The fourth-order valence-electron chi connectivity index (χ4n) is 1.44. The molecule has 0 saturated heterocycles. The van der Waals surface area contributed by atoms with Crippen molar-refractivity contribution >= 4 is 23.5 Å². The van der Waals surface area contributed by atoms with Gasteiger partial charge in [-0.3, -0.25) is 4.68 Å². The molecule has 5 nitrogen and oxygen atoms in total. The third-order valence-corrected chi connectivity index (χ3v) is 3.92. The predicted molar refractivity (Wildman–Crippen MR) is 81.7 cm³/mol. The standard InChI is InChI=1S/C13H24N4OS/c1-10(2)7-17-8-11(6-15-17)16-12(18)14-9-13(3,4)19-5/h6,8,10H,7,9H2,1-5H3,(H2,14,16,18). The van der Waals surface area contributed by atoms with Crippen LogP contribution >= 0.6 is 11.8 Å². The van der Waals surface area contributed by atoms with Crippen LogP contribution in [0.3, 0.4) is 0 Å². The van der Waals surface area contributed by atoms with E-state index in [9.17, 15) is 4.79 Å². The van der Waals surface area contributed by atoms with Gasteiger partial charge in [0.2, 0.25) is 0 Å². The molecule has 2 amide bonds. The second-order valence-electron chi connectivity index (χ2n) is 5.62. The molecule has 0 fully saturated rings. The molecule has 0 bridgehead atoms. The summed E-state index contributed by atoms with van der Waals surface area (Å²) in [6.45, 7) is 9.93. The van der Waals surface area contributed by atoms with Crippen molar-refractivity contribution in [2.75, 3.05) is 18.1 Å². The van der Waals surface area contributed by atoms with E-state index in [1.165, 1.54) is 0 Å². The maximum Gasteiger partial charge on any atom is 0.319 e. The number of carbonyl (C=O) groups excluding carboxylic acids is 1. The Kier molecular flexibility index (Phi) is 5.72. The normalized spacial score (nSPS) is 11.7. The molecule has 1 heterocycles. The van der Waals surface area contributed by atoms with Crippen LogP contribution in [-0.4, -0.2) is 33.4 Å². The first-order valence-corrected chi connectivity index (χ1v) is 7.67. The van der Waals surface area contributed by atoms with Crippen molar-refractivity contribution in [3.05, 3.63) is 12.4 Å².